The summed E-state index contributed by atoms with van der Waals surface area (Å²) in [6.45, 7) is 9.86. The lowest BCUT2D eigenvalue weighted by atomic mass is 9.80. The van der Waals surface area contributed by atoms with Gasteiger partial charge in [0.05, 0.1) is 29.6 Å². The fraction of sp³-hybridized carbons (Fsp3) is 0.608. The van der Waals surface area contributed by atoms with Gasteiger partial charge in [-0.3, -0.25) is 53.5 Å². The van der Waals surface area contributed by atoms with E-state index >= 15 is 0 Å². The van der Waals surface area contributed by atoms with Gasteiger partial charge in [0.1, 0.15) is 17.4 Å². The fourth-order valence-electron chi connectivity index (χ4n) is 12.2. The Balaban J connectivity index is 0.624. The molecule has 72 heavy (non-hydrogen) atoms. The second-order valence-electron chi connectivity index (χ2n) is 20.5. The number of carbonyl (C=O) groups is 7. The third-order valence-electron chi connectivity index (χ3n) is 16.2. The topological polar surface area (TPSA) is 228 Å². The van der Waals surface area contributed by atoms with Gasteiger partial charge in [0.2, 0.25) is 29.6 Å². The van der Waals surface area contributed by atoms with Crippen LogP contribution in [0.4, 0.5) is 23.1 Å². The van der Waals surface area contributed by atoms with Crippen LogP contribution < -0.4 is 20.9 Å². The summed E-state index contributed by atoms with van der Waals surface area (Å²) in [6, 6.07) is 5.26. The molecule has 5 aliphatic heterocycles. The number of piperidine rings is 2. The number of fused-ring (bicyclic) bond motifs is 1. The van der Waals surface area contributed by atoms with E-state index in [4.69, 9.17) is 4.74 Å². The number of likely N-dealkylation sites (tertiary alicyclic amines) is 1. The molecule has 0 bridgehead atoms. The molecule has 7 aliphatic rings. The number of imide groups is 2. The zero-order valence-electron chi connectivity index (χ0n) is 41.4. The van der Waals surface area contributed by atoms with E-state index in [0.717, 1.165) is 146 Å². The van der Waals surface area contributed by atoms with Crippen LogP contribution in [0.2, 0.25) is 0 Å². The molecule has 2 aliphatic carbocycles. The minimum atomic E-state index is -0.990. The van der Waals surface area contributed by atoms with Crippen LogP contribution in [0, 0.1) is 11.8 Å². The highest BCUT2D eigenvalue weighted by molar-refractivity contribution is 6.23. The summed E-state index contributed by atoms with van der Waals surface area (Å²) in [5, 5.41) is 13.1. The Bertz CT molecular complexity index is 2550. The van der Waals surface area contributed by atoms with Gasteiger partial charge in [0, 0.05) is 127 Å². The van der Waals surface area contributed by atoms with Crippen LogP contribution in [0.5, 0.6) is 0 Å². The molecule has 1 unspecified atom stereocenters. The number of nitrogens with one attached hydrogen (secondary N) is 3. The number of piperazine rings is 2. The Morgan fingerprint density at radius 2 is 1.35 bits per heavy atom. The number of amides is 6. The van der Waals surface area contributed by atoms with E-state index in [1.165, 1.54) is 6.20 Å². The van der Waals surface area contributed by atoms with Crippen molar-refractivity contribution in [3.05, 3.63) is 53.5 Å². The molecule has 6 amide bonds. The number of aromatic nitrogens is 4. The molecule has 4 saturated heterocycles. The van der Waals surface area contributed by atoms with Crippen molar-refractivity contribution in [2.45, 2.75) is 108 Å². The van der Waals surface area contributed by atoms with Gasteiger partial charge in [-0.2, -0.15) is 10.1 Å². The number of benzene rings is 1. The van der Waals surface area contributed by atoms with Crippen molar-refractivity contribution >= 4 is 64.6 Å². The lowest BCUT2D eigenvalue weighted by molar-refractivity contribution is -0.143. The van der Waals surface area contributed by atoms with Crippen LogP contribution in [-0.4, -0.2) is 182 Å². The molecule has 21 nitrogen and oxygen atoms in total. The molecular formula is C51H67N13O8. The van der Waals surface area contributed by atoms with Crippen molar-refractivity contribution in [1.82, 2.24) is 49.6 Å². The summed E-state index contributed by atoms with van der Waals surface area (Å²) in [5.41, 5.74) is 2.48. The molecule has 10 rings (SSSR count). The number of carbonyl (C=O) groups excluding carboxylic acids is 7. The van der Waals surface area contributed by atoms with E-state index in [1.54, 1.807) is 29.9 Å². The smallest absolute Gasteiger partial charge is 0.343 e. The van der Waals surface area contributed by atoms with E-state index < -0.39 is 35.6 Å². The molecule has 1 aromatic carbocycles. The average Bonchev–Trinajstić information content (AvgIpc) is 3.93. The molecule has 21 heteroatoms. The van der Waals surface area contributed by atoms with E-state index in [9.17, 15) is 33.6 Å². The third-order valence-corrected chi connectivity index (χ3v) is 16.2. The van der Waals surface area contributed by atoms with Gasteiger partial charge in [-0.15, -0.1) is 0 Å². The predicted octanol–water partition coefficient (Wildman–Crippen LogP) is 3.02. The lowest BCUT2D eigenvalue weighted by Gasteiger charge is -2.44. The molecule has 0 radical (unpaired) electrons. The van der Waals surface area contributed by atoms with Crippen LogP contribution in [-0.2, 0) is 31.0 Å². The quantitative estimate of drug-likeness (QED) is 0.175. The maximum atomic E-state index is 13.8. The molecule has 7 heterocycles. The Hall–Kier alpha value is -6.48. The van der Waals surface area contributed by atoms with Crippen molar-refractivity contribution in [2.75, 3.05) is 87.6 Å². The maximum Gasteiger partial charge on any atom is 0.343 e. The van der Waals surface area contributed by atoms with Crippen LogP contribution >= 0.6 is 0 Å². The summed E-state index contributed by atoms with van der Waals surface area (Å²) >= 11 is 0. The Labute approximate surface area is 419 Å². The standard InChI is InChI=1S/C51H67N13O8/c1-3-72-50(71)41-30-52-51(55-35-29-53-58(2)31-35)57-44(41)54-34-8-10-36(11-9-34)59-24-26-63(27-25-59)47(68)33-6-4-32(5-7-33)46(67)62-18-16-37(17-19-62)60-20-22-61(23-21-60)38-12-13-39-40(28-38)49(70)64(48(39)69)42-14-15-43(65)56-45(42)66/h12-13,28-34,36-37,42H,3-11,14-27H2,1-2H3,(H,56,65,66)(H2,52,54,55,57). The molecular weight excluding hydrogens is 923 g/mol. The minimum absolute atomic E-state index is 0.0276. The van der Waals surface area contributed by atoms with Crippen molar-refractivity contribution < 1.29 is 38.3 Å². The highest BCUT2D eigenvalue weighted by Crippen LogP contribution is 2.35. The average molecular weight is 990 g/mol. The van der Waals surface area contributed by atoms with Crippen LogP contribution in [0.15, 0.2) is 36.8 Å². The molecule has 3 N–H and O–H groups in total. The predicted molar refractivity (Wildman–Crippen MR) is 264 cm³/mol. The minimum Gasteiger partial charge on any atom is -0.462 e. The summed E-state index contributed by atoms with van der Waals surface area (Å²) in [4.78, 5) is 113. The highest BCUT2D eigenvalue weighted by Gasteiger charge is 2.45. The molecule has 2 aromatic heterocycles. The summed E-state index contributed by atoms with van der Waals surface area (Å²) in [6.07, 6.45) is 13.9. The Morgan fingerprint density at radius 1 is 0.722 bits per heavy atom. The number of nitrogens with zero attached hydrogens (tertiary/aromatic N) is 10. The molecule has 6 fully saturated rings. The van der Waals surface area contributed by atoms with Gasteiger partial charge < -0.3 is 30.1 Å². The van der Waals surface area contributed by atoms with Gasteiger partial charge in [0.25, 0.3) is 11.8 Å². The number of anilines is 4. The van der Waals surface area contributed by atoms with Crippen LogP contribution in [0.3, 0.4) is 0 Å². The first-order valence-electron chi connectivity index (χ1n) is 26.1. The third kappa shape index (κ3) is 10.4. The van der Waals surface area contributed by atoms with Gasteiger partial charge in [-0.25, -0.2) is 9.78 Å². The first-order chi connectivity index (χ1) is 34.9. The van der Waals surface area contributed by atoms with Gasteiger partial charge in [0.15, 0.2) is 0 Å². The number of hydrogen-bond acceptors (Lipinski definition) is 16. The van der Waals surface area contributed by atoms with E-state index in [-0.39, 0.29) is 60.3 Å². The number of hydrogen-bond donors (Lipinski definition) is 3. The number of esters is 1. The van der Waals surface area contributed by atoms with E-state index in [1.807, 2.05) is 19.3 Å². The van der Waals surface area contributed by atoms with Crippen molar-refractivity contribution in [1.29, 1.82) is 0 Å². The van der Waals surface area contributed by atoms with Gasteiger partial charge in [-0.1, -0.05) is 0 Å². The summed E-state index contributed by atoms with van der Waals surface area (Å²) in [7, 11) is 1.83. The van der Waals surface area contributed by atoms with Crippen LogP contribution in [0.25, 0.3) is 0 Å². The molecule has 0 spiro atoms. The molecule has 3 aromatic rings. The van der Waals surface area contributed by atoms with E-state index in [0.29, 0.717) is 29.4 Å². The van der Waals surface area contributed by atoms with E-state index in [2.05, 4.69) is 55.5 Å². The zero-order valence-corrected chi connectivity index (χ0v) is 41.4. The number of rotatable bonds is 12. The van der Waals surface area contributed by atoms with Gasteiger partial charge in [-0.05, 0) is 95.8 Å². The Morgan fingerprint density at radius 3 is 1.97 bits per heavy atom. The highest BCUT2D eigenvalue weighted by atomic mass is 16.5. The largest absolute Gasteiger partial charge is 0.462 e. The second-order valence-corrected chi connectivity index (χ2v) is 20.5. The van der Waals surface area contributed by atoms with Crippen LogP contribution in [0.1, 0.15) is 115 Å². The summed E-state index contributed by atoms with van der Waals surface area (Å²) in [5.74, 6) is -1.25. The second kappa shape index (κ2) is 21.3. The first kappa shape index (κ1) is 49.1. The SMILES string of the molecule is CCOC(=O)c1cnc(Nc2cnn(C)c2)nc1NC1CCC(N2CCN(C(=O)C3CCC(C(=O)N4CCC(N5CCN(c6ccc7c(c6)C(=O)N(C6CCC(=O)NC6=O)C7=O)CC5)CC4)CC3)CC2)CC1. The maximum absolute atomic E-state index is 13.8. The monoisotopic (exact) mass is 990 g/mol. The fourth-order valence-corrected chi connectivity index (χ4v) is 12.2. The summed E-state index contributed by atoms with van der Waals surface area (Å²) < 4.78 is 6.99. The number of ether oxygens (including phenoxy) is 1. The molecule has 1 atom stereocenters. The van der Waals surface area contributed by atoms with Crippen molar-refractivity contribution in [3.8, 4) is 0 Å². The normalized spacial score (nSPS) is 25.8. The Kier molecular flexibility index (Phi) is 14.5. The van der Waals surface area contributed by atoms with Crippen molar-refractivity contribution in [2.24, 2.45) is 18.9 Å². The number of aryl methyl sites for hydroxylation is 1. The zero-order chi connectivity index (χ0) is 50.0. The molecule has 2 saturated carbocycles. The molecule has 384 valence electrons. The van der Waals surface area contributed by atoms with Crippen molar-refractivity contribution in [3.63, 3.8) is 0 Å². The lowest BCUT2D eigenvalue weighted by Crippen LogP contribution is -2.55. The first-order valence-corrected chi connectivity index (χ1v) is 26.1. The van der Waals surface area contributed by atoms with Gasteiger partial charge >= 0.3 is 5.97 Å².